The summed E-state index contributed by atoms with van der Waals surface area (Å²) in [6, 6.07) is 12.2. The van der Waals surface area contributed by atoms with Crippen molar-refractivity contribution in [3.05, 3.63) is 59.1 Å². The number of hydrogen-bond donors (Lipinski definition) is 1. The standard InChI is InChI=1S/C16H16N4S/c1-2-6-12-7-3-4-9-14(12)20-15(18-19-16(20)21)13-8-5-10-17-11-13/h3-5,7-11H,2,6H2,1H3,(H,19,21). The van der Waals surface area contributed by atoms with Gasteiger partial charge in [0.2, 0.25) is 0 Å². The van der Waals surface area contributed by atoms with Gasteiger partial charge in [0.25, 0.3) is 0 Å². The molecule has 0 amide bonds. The minimum atomic E-state index is 0.595. The summed E-state index contributed by atoms with van der Waals surface area (Å²) in [5.74, 6) is 0.789. The second-order valence-electron chi connectivity index (χ2n) is 4.81. The number of para-hydroxylation sites is 1. The average Bonchev–Trinajstić information content (AvgIpc) is 2.91. The van der Waals surface area contributed by atoms with Gasteiger partial charge in [0.05, 0.1) is 5.69 Å². The third-order valence-corrected chi connectivity index (χ3v) is 3.62. The topological polar surface area (TPSA) is 46.5 Å². The molecule has 2 heterocycles. The van der Waals surface area contributed by atoms with Crippen LogP contribution in [0.1, 0.15) is 18.9 Å². The molecular weight excluding hydrogens is 280 g/mol. The Morgan fingerprint density at radius 2 is 2.05 bits per heavy atom. The van der Waals surface area contributed by atoms with E-state index >= 15 is 0 Å². The predicted molar refractivity (Wildman–Crippen MR) is 86.0 cm³/mol. The lowest BCUT2D eigenvalue weighted by Gasteiger charge is -2.11. The zero-order chi connectivity index (χ0) is 14.7. The van der Waals surface area contributed by atoms with Gasteiger partial charge in [-0.15, -0.1) is 0 Å². The largest absolute Gasteiger partial charge is 0.268 e. The summed E-state index contributed by atoms with van der Waals surface area (Å²) >= 11 is 5.42. The molecule has 0 aliphatic carbocycles. The monoisotopic (exact) mass is 296 g/mol. The fourth-order valence-electron chi connectivity index (χ4n) is 2.42. The van der Waals surface area contributed by atoms with E-state index < -0.39 is 0 Å². The molecule has 0 spiro atoms. The molecule has 0 radical (unpaired) electrons. The van der Waals surface area contributed by atoms with Crippen molar-refractivity contribution < 1.29 is 0 Å². The first kappa shape index (κ1) is 13.7. The van der Waals surface area contributed by atoms with Crippen LogP contribution in [0.5, 0.6) is 0 Å². The van der Waals surface area contributed by atoms with E-state index in [0.717, 1.165) is 29.9 Å². The van der Waals surface area contributed by atoms with Crippen LogP contribution >= 0.6 is 12.2 Å². The smallest absolute Gasteiger partial charge is 0.200 e. The maximum Gasteiger partial charge on any atom is 0.200 e. The van der Waals surface area contributed by atoms with E-state index in [4.69, 9.17) is 12.2 Å². The average molecular weight is 296 g/mol. The molecular formula is C16H16N4S. The van der Waals surface area contributed by atoms with Crippen LogP contribution < -0.4 is 0 Å². The lowest BCUT2D eigenvalue weighted by molar-refractivity contribution is 0.896. The van der Waals surface area contributed by atoms with Crippen LogP contribution in [0.15, 0.2) is 48.8 Å². The fourth-order valence-corrected chi connectivity index (χ4v) is 2.65. The number of aromatic nitrogens is 4. The van der Waals surface area contributed by atoms with Crippen molar-refractivity contribution in [1.82, 2.24) is 19.7 Å². The maximum atomic E-state index is 5.42. The fraction of sp³-hybridized carbons (Fsp3) is 0.188. The van der Waals surface area contributed by atoms with Crippen LogP contribution in [0.25, 0.3) is 17.1 Å². The first-order chi connectivity index (χ1) is 10.3. The van der Waals surface area contributed by atoms with E-state index in [0.29, 0.717) is 4.77 Å². The highest BCUT2D eigenvalue weighted by Gasteiger charge is 2.13. The van der Waals surface area contributed by atoms with Crippen molar-refractivity contribution >= 4 is 12.2 Å². The Morgan fingerprint density at radius 1 is 1.19 bits per heavy atom. The third kappa shape index (κ3) is 2.64. The molecule has 0 aliphatic heterocycles. The normalized spacial score (nSPS) is 10.7. The van der Waals surface area contributed by atoms with Crippen molar-refractivity contribution in [2.75, 3.05) is 0 Å². The van der Waals surface area contributed by atoms with Gasteiger partial charge >= 0.3 is 0 Å². The van der Waals surface area contributed by atoms with E-state index in [1.165, 1.54) is 5.56 Å². The highest BCUT2D eigenvalue weighted by atomic mass is 32.1. The molecule has 0 fully saturated rings. The second kappa shape index (κ2) is 6.01. The zero-order valence-electron chi connectivity index (χ0n) is 11.8. The van der Waals surface area contributed by atoms with Gasteiger partial charge < -0.3 is 0 Å². The summed E-state index contributed by atoms with van der Waals surface area (Å²) in [4.78, 5) is 4.16. The van der Waals surface area contributed by atoms with Gasteiger partial charge in [-0.2, -0.15) is 5.10 Å². The van der Waals surface area contributed by atoms with Crippen molar-refractivity contribution in [3.8, 4) is 17.1 Å². The van der Waals surface area contributed by atoms with Crippen LogP contribution in [0.4, 0.5) is 0 Å². The lowest BCUT2D eigenvalue weighted by atomic mass is 10.1. The molecule has 106 valence electrons. The minimum Gasteiger partial charge on any atom is -0.268 e. The zero-order valence-corrected chi connectivity index (χ0v) is 12.6. The highest BCUT2D eigenvalue weighted by Crippen LogP contribution is 2.23. The number of H-pyrrole nitrogens is 1. The Kier molecular flexibility index (Phi) is 3.92. The van der Waals surface area contributed by atoms with Gasteiger partial charge in [-0.25, -0.2) is 0 Å². The SMILES string of the molecule is CCCc1ccccc1-n1c(-c2cccnc2)n[nH]c1=S. The Bertz CT molecular complexity index is 789. The molecule has 0 aliphatic rings. The van der Waals surface area contributed by atoms with Crippen LogP contribution in [0.3, 0.4) is 0 Å². The predicted octanol–water partition coefficient (Wildman–Crippen LogP) is 3.94. The van der Waals surface area contributed by atoms with Gasteiger partial charge in [0, 0.05) is 18.0 Å². The van der Waals surface area contributed by atoms with E-state index in [1.807, 2.05) is 22.8 Å². The molecule has 0 saturated heterocycles. The van der Waals surface area contributed by atoms with E-state index in [2.05, 4.69) is 40.3 Å². The number of hydrogen-bond acceptors (Lipinski definition) is 3. The number of pyridine rings is 1. The second-order valence-corrected chi connectivity index (χ2v) is 5.19. The molecule has 2 aromatic heterocycles. The van der Waals surface area contributed by atoms with Crippen LogP contribution in [-0.4, -0.2) is 19.7 Å². The number of aromatic amines is 1. The van der Waals surface area contributed by atoms with Gasteiger partial charge in [-0.3, -0.25) is 14.6 Å². The summed E-state index contributed by atoms with van der Waals surface area (Å²) in [5, 5.41) is 7.26. The van der Waals surface area contributed by atoms with Crippen molar-refractivity contribution in [1.29, 1.82) is 0 Å². The quantitative estimate of drug-likeness (QED) is 0.742. The van der Waals surface area contributed by atoms with Gasteiger partial charge in [-0.05, 0) is 42.4 Å². The number of rotatable bonds is 4. The van der Waals surface area contributed by atoms with Crippen molar-refractivity contribution in [2.24, 2.45) is 0 Å². The van der Waals surface area contributed by atoms with E-state index in [-0.39, 0.29) is 0 Å². The summed E-state index contributed by atoms with van der Waals surface area (Å²) in [5.41, 5.74) is 3.29. The first-order valence-corrected chi connectivity index (χ1v) is 7.38. The van der Waals surface area contributed by atoms with Crippen LogP contribution in [0, 0.1) is 4.77 Å². The molecule has 0 unspecified atom stereocenters. The molecule has 4 nitrogen and oxygen atoms in total. The van der Waals surface area contributed by atoms with Crippen LogP contribution in [-0.2, 0) is 6.42 Å². The molecule has 0 bridgehead atoms. The molecule has 0 atom stereocenters. The number of nitrogens with one attached hydrogen (secondary N) is 1. The molecule has 21 heavy (non-hydrogen) atoms. The highest BCUT2D eigenvalue weighted by molar-refractivity contribution is 7.71. The Labute approximate surface area is 128 Å². The lowest BCUT2D eigenvalue weighted by Crippen LogP contribution is -2.02. The van der Waals surface area contributed by atoms with Gasteiger partial charge in [0.1, 0.15) is 0 Å². The first-order valence-electron chi connectivity index (χ1n) is 6.97. The molecule has 1 aromatic carbocycles. The third-order valence-electron chi connectivity index (χ3n) is 3.34. The summed E-state index contributed by atoms with van der Waals surface area (Å²) < 4.78 is 2.58. The van der Waals surface area contributed by atoms with Gasteiger partial charge in [-0.1, -0.05) is 31.5 Å². The molecule has 1 N–H and O–H groups in total. The Morgan fingerprint density at radius 3 is 2.81 bits per heavy atom. The van der Waals surface area contributed by atoms with Crippen LogP contribution in [0.2, 0.25) is 0 Å². The summed E-state index contributed by atoms with van der Waals surface area (Å²) in [7, 11) is 0. The van der Waals surface area contributed by atoms with Crippen molar-refractivity contribution in [3.63, 3.8) is 0 Å². The molecule has 3 rings (SSSR count). The summed E-state index contributed by atoms with van der Waals surface area (Å²) in [6.45, 7) is 2.17. The minimum absolute atomic E-state index is 0.595. The molecule has 0 saturated carbocycles. The van der Waals surface area contributed by atoms with E-state index in [9.17, 15) is 0 Å². The Balaban J connectivity index is 2.20. The van der Waals surface area contributed by atoms with Gasteiger partial charge in [0.15, 0.2) is 10.6 Å². The molecule has 5 heteroatoms. The maximum absolute atomic E-state index is 5.42. The summed E-state index contributed by atoms with van der Waals surface area (Å²) in [6.07, 6.45) is 5.64. The van der Waals surface area contributed by atoms with Crippen molar-refractivity contribution in [2.45, 2.75) is 19.8 Å². The Hall–Kier alpha value is -2.27. The molecule has 3 aromatic rings. The number of aryl methyl sites for hydroxylation is 1. The number of nitrogens with zero attached hydrogens (tertiary/aromatic N) is 3. The van der Waals surface area contributed by atoms with E-state index in [1.54, 1.807) is 12.4 Å². The number of benzene rings is 1.